The van der Waals surface area contributed by atoms with Gasteiger partial charge in [-0.25, -0.2) is 4.98 Å². The normalized spacial score (nSPS) is 12.3. The van der Waals surface area contributed by atoms with Gasteiger partial charge in [0, 0.05) is 35.1 Å². The van der Waals surface area contributed by atoms with Gasteiger partial charge in [-0.2, -0.15) is 11.3 Å². The third kappa shape index (κ3) is 4.17. The molecule has 6 heteroatoms. The summed E-state index contributed by atoms with van der Waals surface area (Å²) in [6.07, 6.45) is 1.33. The second-order valence-electron chi connectivity index (χ2n) is 5.07. The van der Waals surface area contributed by atoms with E-state index in [0.29, 0.717) is 13.1 Å². The van der Waals surface area contributed by atoms with Gasteiger partial charge < -0.3 is 15.2 Å². The maximum Gasteiger partial charge on any atom is 0.124 e. The Labute approximate surface area is 143 Å². The van der Waals surface area contributed by atoms with Crippen LogP contribution in [0.15, 0.2) is 47.3 Å². The number of thiazole rings is 1. The largest absolute Gasteiger partial charge is 0.497 e. The Balaban J connectivity index is 1.53. The molecule has 4 nitrogen and oxygen atoms in total. The van der Waals surface area contributed by atoms with E-state index < -0.39 is 6.10 Å². The van der Waals surface area contributed by atoms with Gasteiger partial charge in [-0.3, -0.25) is 0 Å². The summed E-state index contributed by atoms with van der Waals surface area (Å²) in [6, 6.07) is 9.58. The summed E-state index contributed by atoms with van der Waals surface area (Å²) in [7, 11) is 1.62. The summed E-state index contributed by atoms with van der Waals surface area (Å²) in [6.45, 7) is 1.18. The van der Waals surface area contributed by atoms with Crippen molar-refractivity contribution < 1.29 is 9.84 Å². The van der Waals surface area contributed by atoms with Crippen molar-refractivity contribution in [3.8, 4) is 16.3 Å². The number of methoxy groups -OCH3 is 1. The van der Waals surface area contributed by atoms with Crippen molar-refractivity contribution in [2.45, 2.75) is 12.6 Å². The van der Waals surface area contributed by atoms with Crippen molar-refractivity contribution in [2.24, 2.45) is 0 Å². The lowest BCUT2D eigenvalue weighted by atomic mass is 10.1. The molecule has 2 N–H and O–H groups in total. The number of thiophene rings is 1. The highest BCUT2D eigenvalue weighted by Gasteiger charge is 2.09. The maximum absolute atomic E-state index is 10.2. The number of aliphatic hydroxyl groups is 1. The molecule has 3 rings (SSSR count). The number of aromatic nitrogens is 1. The van der Waals surface area contributed by atoms with E-state index in [1.165, 1.54) is 5.56 Å². The molecule has 0 radical (unpaired) electrons. The predicted molar refractivity (Wildman–Crippen MR) is 95.1 cm³/mol. The molecule has 23 heavy (non-hydrogen) atoms. The van der Waals surface area contributed by atoms with Crippen molar-refractivity contribution in [3.05, 3.63) is 57.7 Å². The van der Waals surface area contributed by atoms with Gasteiger partial charge in [0.05, 0.1) is 13.2 Å². The van der Waals surface area contributed by atoms with Crippen molar-refractivity contribution in [3.63, 3.8) is 0 Å². The fourth-order valence-corrected chi connectivity index (χ4v) is 3.80. The van der Waals surface area contributed by atoms with Crippen molar-refractivity contribution in [1.29, 1.82) is 0 Å². The Kier molecular flexibility index (Phi) is 5.40. The van der Waals surface area contributed by atoms with Gasteiger partial charge in [0.2, 0.25) is 0 Å². The molecular weight excluding hydrogens is 328 g/mol. The van der Waals surface area contributed by atoms with Gasteiger partial charge >= 0.3 is 0 Å². The number of hydrogen-bond donors (Lipinski definition) is 2. The van der Waals surface area contributed by atoms with E-state index in [1.807, 2.05) is 30.5 Å². The highest BCUT2D eigenvalue weighted by Crippen LogP contribution is 2.27. The van der Waals surface area contributed by atoms with Crippen LogP contribution < -0.4 is 10.1 Å². The van der Waals surface area contributed by atoms with Crippen LogP contribution in [-0.4, -0.2) is 23.7 Å². The fourth-order valence-electron chi connectivity index (χ4n) is 2.21. The number of rotatable bonds is 7. The minimum Gasteiger partial charge on any atom is -0.497 e. The fraction of sp³-hybridized carbons (Fsp3) is 0.235. The van der Waals surface area contributed by atoms with Crippen molar-refractivity contribution in [2.75, 3.05) is 13.7 Å². The van der Waals surface area contributed by atoms with Gasteiger partial charge in [-0.05, 0) is 29.1 Å². The molecule has 0 bridgehead atoms. The van der Waals surface area contributed by atoms with Crippen LogP contribution in [0.4, 0.5) is 0 Å². The maximum atomic E-state index is 10.2. The number of aliphatic hydroxyl groups excluding tert-OH is 1. The molecule has 2 heterocycles. The molecule has 1 atom stereocenters. The van der Waals surface area contributed by atoms with Crippen LogP contribution in [0.2, 0.25) is 0 Å². The molecule has 3 aromatic rings. The first-order valence-electron chi connectivity index (χ1n) is 7.26. The number of ether oxygens (including phenoxy) is 1. The molecule has 0 aliphatic rings. The second-order valence-corrected chi connectivity index (χ2v) is 6.96. The molecule has 0 spiro atoms. The van der Waals surface area contributed by atoms with Gasteiger partial charge in [0.15, 0.2) is 0 Å². The third-order valence-corrected chi connectivity index (χ3v) is 5.17. The Hall–Kier alpha value is -1.73. The van der Waals surface area contributed by atoms with E-state index in [1.54, 1.807) is 29.8 Å². The molecule has 0 aliphatic heterocycles. The smallest absolute Gasteiger partial charge is 0.124 e. The van der Waals surface area contributed by atoms with E-state index in [9.17, 15) is 5.11 Å². The Bertz CT molecular complexity index is 741. The lowest BCUT2D eigenvalue weighted by Crippen LogP contribution is -2.20. The number of hydrogen-bond acceptors (Lipinski definition) is 6. The summed E-state index contributed by atoms with van der Waals surface area (Å²) in [5, 5.41) is 18.7. The van der Waals surface area contributed by atoms with E-state index >= 15 is 0 Å². The predicted octanol–water partition coefficient (Wildman–Crippen LogP) is 3.70. The SMILES string of the molecule is COc1cccc(C(O)CNCc2cnc(-c3ccsc3)s2)c1. The van der Waals surface area contributed by atoms with Gasteiger partial charge in [-0.15, -0.1) is 11.3 Å². The monoisotopic (exact) mass is 346 g/mol. The Morgan fingerprint density at radius 1 is 1.35 bits per heavy atom. The average molecular weight is 346 g/mol. The lowest BCUT2D eigenvalue weighted by molar-refractivity contribution is 0.174. The summed E-state index contributed by atoms with van der Waals surface area (Å²) < 4.78 is 5.18. The van der Waals surface area contributed by atoms with Crippen LogP contribution in [0, 0.1) is 0 Å². The summed E-state index contributed by atoms with van der Waals surface area (Å²) in [5.74, 6) is 0.754. The molecule has 1 unspecified atom stereocenters. The standard InChI is InChI=1S/C17H18N2O2S2/c1-21-14-4-2-3-12(7-14)16(20)10-18-8-15-9-19-17(23-15)13-5-6-22-11-13/h2-7,9,11,16,18,20H,8,10H2,1H3. The summed E-state index contributed by atoms with van der Waals surface area (Å²) >= 11 is 3.35. The summed E-state index contributed by atoms with van der Waals surface area (Å²) in [5.41, 5.74) is 2.02. The zero-order valence-electron chi connectivity index (χ0n) is 12.7. The Morgan fingerprint density at radius 2 is 2.26 bits per heavy atom. The topological polar surface area (TPSA) is 54.4 Å². The van der Waals surface area contributed by atoms with Gasteiger partial charge in [0.25, 0.3) is 0 Å². The molecule has 0 aliphatic carbocycles. The molecule has 120 valence electrons. The van der Waals surface area contributed by atoms with E-state index in [2.05, 4.69) is 27.1 Å². The zero-order chi connectivity index (χ0) is 16.1. The minimum absolute atomic E-state index is 0.485. The first-order chi connectivity index (χ1) is 11.3. The van der Waals surface area contributed by atoms with Crippen LogP contribution >= 0.6 is 22.7 Å². The highest BCUT2D eigenvalue weighted by atomic mass is 32.1. The van der Waals surface area contributed by atoms with Crippen molar-refractivity contribution >= 4 is 22.7 Å². The number of benzene rings is 1. The average Bonchev–Trinajstić information content (AvgIpc) is 3.26. The molecule has 2 aromatic heterocycles. The van der Waals surface area contributed by atoms with Gasteiger partial charge in [0.1, 0.15) is 10.8 Å². The van der Waals surface area contributed by atoms with Crippen LogP contribution in [0.3, 0.4) is 0 Å². The zero-order valence-corrected chi connectivity index (χ0v) is 14.4. The quantitative estimate of drug-likeness (QED) is 0.685. The highest BCUT2D eigenvalue weighted by molar-refractivity contribution is 7.15. The molecular formula is C17H18N2O2S2. The van der Waals surface area contributed by atoms with Crippen molar-refractivity contribution in [1.82, 2.24) is 10.3 Å². The molecule has 0 amide bonds. The molecule has 0 saturated carbocycles. The Morgan fingerprint density at radius 3 is 3.04 bits per heavy atom. The van der Waals surface area contributed by atoms with Crippen LogP contribution in [0.5, 0.6) is 5.75 Å². The van der Waals surface area contributed by atoms with E-state index in [-0.39, 0.29) is 0 Å². The van der Waals surface area contributed by atoms with E-state index in [4.69, 9.17) is 4.74 Å². The number of nitrogens with zero attached hydrogens (tertiary/aromatic N) is 1. The van der Waals surface area contributed by atoms with Crippen LogP contribution in [-0.2, 0) is 6.54 Å². The molecule has 1 aromatic carbocycles. The molecule has 0 saturated heterocycles. The first-order valence-corrected chi connectivity index (χ1v) is 9.02. The minimum atomic E-state index is -0.561. The van der Waals surface area contributed by atoms with Crippen LogP contribution in [0.25, 0.3) is 10.6 Å². The summed E-state index contributed by atoms with van der Waals surface area (Å²) in [4.78, 5) is 5.60. The second kappa shape index (κ2) is 7.70. The van der Waals surface area contributed by atoms with E-state index in [0.717, 1.165) is 21.2 Å². The van der Waals surface area contributed by atoms with Gasteiger partial charge in [-0.1, -0.05) is 12.1 Å². The van der Waals surface area contributed by atoms with Crippen LogP contribution in [0.1, 0.15) is 16.5 Å². The first kappa shape index (κ1) is 16.1. The lowest BCUT2D eigenvalue weighted by Gasteiger charge is -2.12. The molecule has 0 fully saturated rings. The number of nitrogens with one attached hydrogen (secondary N) is 1. The third-order valence-electron chi connectivity index (χ3n) is 3.44.